The first-order valence-corrected chi connectivity index (χ1v) is 14.9. The van der Waals surface area contributed by atoms with E-state index in [0.717, 1.165) is 50.8 Å². The molecule has 206 valence electrons. The summed E-state index contributed by atoms with van der Waals surface area (Å²) in [5, 5.41) is 9.65. The lowest BCUT2D eigenvalue weighted by Crippen LogP contribution is -2.67. The second-order valence-electron chi connectivity index (χ2n) is 11.8. The van der Waals surface area contributed by atoms with Crippen molar-refractivity contribution in [1.29, 1.82) is 0 Å². The zero-order valence-corrected chi connectivity index (χ0v) is 23.4. The van der Waals surface area contributed by atoms with Crippen molar-refractivity contribution in [2.45, 2.75) is 11.8 Å². The van der Waals surface area contributed by atoms with Gasteiger partial charge in [0.25, 0.3) is 5.65 Å². The van der Waals surface area contributed by atoms with Crippen molar-refractivity contribution in [2.75, 3.05) is 5.01 Å². The molecule has 1 spiro atoms. The number of hydrogen-bond acceptors (Lipinski definition) is 4. The molecule has 6 nitrogen and oxygen atoms in total. The zero-order valence-electron chi connectivity index (χ0n) is 23.4. The minimum absolute atomic E-state index is 0.450. The summed E-state index contributed by atoms with van der Waals surface area (Å²) < 4.78 is 18.5. The Morgan fingerprint density at radius 1 is 0.614 bits per heavy atom. The normalized spacial score (nSPS) is 19.7. The summed E-state index contributed by atoms with van der Waals surface area (Å²) in [6.45, 7) is 0. The Morgan fingerprint density at radius 2 is 1.30 bits per heavy atom. The average molecular weight is 568 g/mol. The van der Waals surface area contributed by atoms with Gasteiger partial charge in [0, 0.05) is 10.9 Å². The zero-order chi connectivity index (χ0) is 28.6. The van der Waals surface area contributed by atoms with Gasteiger partial charge in [-0.05, 0) is 71.8 Å². The number of pyridine rings is 1. The smallest absolute Gasteiger partial charge is 0.296 e. The molecule has 0 amide bonds. The summed E-state index contributed by atoms with van der Waals surface area (Å²) in [4.78, 5) is 0. The van der Waals surface area contributed by atoms with E-state index in [2.05, 4.69) is 136 Å². The van der Waals surface area contributed by atoms with Gasteiger partial charge in [-0.3, -0.25) is 0 Å². The molecule has 0 N–H and O–H groups in total. The Balaban J connectivity index is 1.18. The van der Waals surface area contributed by atoms with Gasteiger partial charge in [-0.2, -0.15) is 4.57 Å². The molecule has 2 aromatic heterocycles. The number of ether oxygens (including phenoxy) is 2. The first-order valence-electron chi connectivity index (χ1n) is 14.9. The summed E-state index contributed by atoms with van der Waals surface area (Å²) >= 11 is 0. The van der Waals surface area contributed by atoms with E-state index < -0.39 is 11.8 Å². The number of anilines is 1. The lowest BCUT2D eigenvalue weighted by Gasteiger charge is -2.40. The fraction of sp³-hybridized carbons (Fsp3) is 0.0526. The molecule has 7 aromatic rings. The largest absolute Gasteiger partial charge is 0.456 e. The van der Waals surface area contributed by atoms with Crippen molar-refractivity contribution in [3.05, 3.63) is 150 Å². The van der Waals surface area contributed by atoms with Crippen molar-refractivity contribution in [1.82, 2.24) is 4.57 Å². The van der Waals surface area contributed by atoms with Crippen molar-refractivity contribution >= 4 is 33.5 Å². The van der Waals surface area contributed by atoms with Gasteiger partial charge in [-0.1, -0.05) is 66.7 Å². The van der Waals surface area contributed by atoms with Crippen LogP contribution in [-0.4, -0.2) is 16.7 Å². The average Bonchev–Trinajstić information content (AvgIpc) is 3.75. The molecule has 0 radical (unpaired) electrons. The van der Waals surface area contributed by atoms with Gasteiger partial charge in [0.2, 0.25) is 17.7 Å². The first kappa shape index (κ1) is 22.7. The Bertz CT molecular complexity index is 2410. The fourth-order valence-corrected chi connectivity index (χ4v) is 8.01. The van der Waals surface area contributed by atoms with Gasteiger partial charge < -0.3 is 9.47 Å². The number of nitrogens with zero attached hydrogens (tertiary/aromatic N) is 4. The quantitative estimate of drug-likeness (QED) is 0.203. The Labute approximate surface area is 252 Å². The molecule has 2 atom stereocenters. The lowest BCUT2D eigenvalue weighted by molar-refractivity contribution is -0.730. The molecule has 4 aliphatic rings. The van der Waals surface area contributed by atoms with Gasteiger partial charge in [-0.25, -0.2) is 9.58 Å². The van der Waals surface area contributed by atoms with Crippen LogP contribution in [0, 0.1) is 0 Å². The Morgan fingerprint density at radius 3 is 2.14 bits per heavy atom. The lowest BCUT2D eigenvalue weighted by atomic mass is 9.77. The van der Waals surface area contributed by atoms with Crippen LogP contribution in [0.1, 0.15) is 16.7 Å². The summed E-state index contributed by atoms with van der Waals surface area (Å²) in [5.74, 6) is 2.29. The van der Waals surface area contributed by atoms with E-state index in [1.807, 2.05) is 12.1 Å². The molecule has 5 aromatic carbocycles. The maximum atomic E-state index is 7.04. The van der Waals surface area contributed by atoms with Crippen LogP contribution in [0.2, 0.25) is 0 Å². The highest BCUT2D eigenvalue weighted by Gasteiger charge is 2.69. The summed E-state index contributed by atoms with van der Waals surface area (Å²) in [5.41, 5.74) is 9.14. The van der Waals surface area contributed by atoms with E-state index in [0.29, 0.717) is 5.90 Å². The third-order valence-electron chi connectivity index (χ3n) is 9.71. The van der Waals surface area contributed by atoms with Crippen LogP contribution in [-0.2, 0) is 10.3 Å². The number of aromatic nitrogens is 2. The van der Waals surface area contributed by atoms with E-state index in [1.165, 1.54) is 21.9 Å². The molecular formula is C38H23N4O2+. The second kappa shape index (κ2) is 7.74. The van der Waals surface area contributed by atoms with Crippen molar-refractivity contribution in [2.24, 2.45) is 5.10 Å². The van der Waals surface area contributed by atoms with Crippen molar-refractivity contribution in [3.8, 4) is 28.3 Å². The van der Waals surface area contributed by atoms with Gasteiger partial charge in [0.1, 0.15) is 28.3 Å². The van der Waals surface area contributed by atoms with Crippen LogP contribution in [0.25, 0.3) is 38.8 Å². The molecule has 4 aliphatic heterocycles. The molecule has 6 heteroatoms. The maximum absolute atomic E-state index is 7.04. The molecule has 0 bridgehead atoms. The highest BCUT2D eigenvalue weighted by Crippen LogP contribution is 2.61. The first-order chi connectivity index (χ1) is 21.8. The molecule has 11 rings (SSSR count). The van der Waals surface area contributed by atoms with Crippen LogP contribution in [0.4, 0.5) is 5.69 Å². The highest BCUT2D eigenvalue weighted by molar-refractivity contribution is 6.07. The van der Waals surface area contributed by atoms with Gasteiger partial charge in [0.05, 0.1) is 22.8 Å². The van der Waals surface area contributed by atoms with Crippen LogP contribution >= 0.6 is 0 Å². The number of hydrogen-bond donors (Lipinski definition) is 0. The molecular weight excluding hydrogens is 544 g/mol. The molecule has 0 saturated heterocycles. The van der Waals surface area contributed by atoms with E-state index in [4.69, 9.17) is 14.6 Å². The summed E-state index contributed by atoms with van der Waals surface area (Å²) in [7, 11) is 0. The topological polar surface area (TPSA) is 42.9 Å². The highest BCUT2D eigenvalue weighted by atomic mass is 16.5. The molecule has 0 aliphatic carbocycles. The van der Waals surface area contributed by atoms with Crippen molar-refractivity contribution < 1.29 is 14.0 Å². The number of hydrazone groups is 1. The predicted octanol–water partition coefficient (Wildman–Crippen LogP) is 7.49. The van der Waals surface area contributed by atoms with Crippen LogP contribution in [0.15, 0.2) is 139 Å². The van der Waals surface area contributed by atoms with Crippen LogP contribution < -0.4 is 14.3 Å². The van der Waals surface area contributed by atoms with Crippen LogP contribution in [0.3, 0.4) is 0 Å². The van der Waals surface area contributed by atoms with Crippen molar-refractivity contribution in [3.63, 3.8) is 0 Å². The van der Waals surface area contributed by atoms with E-state index in [9.17, 15) is 0 Å². The predicted molar refractivity (Wildman–Crippen MR) is 169 cm³/mol. The molecule has 2 unspecified atom stereocenters. The summed E-state index contributed by atoms with van der Waals surface area (Å²) in [6.07, 6.45) is 1.75. The number of benzene rings is 5. The molecule has 0 saturated carbocycles. The third-order valence-corrected chi connectivity index (χ3v) is 9.71. The van der Waals surface area contributed by atoms with E-state index in [-0.39, 0.29) is 0 Å². The molecule has 6 heterocycles. The van der Waals surface area contributed by atoms with Crippen LogP contribution in [0.5, 0.6) is 11.5 Å². The maximum Gasteiger partial charge on any atom is 0.296 e. The number of para-hydroxylation sites is 1. The van der Waals surface area contributed by atoms with E-state index in [1.54, 1.807) is 0 Å². The fourth-order valence-electron chi connectivity index (χ4n) is 8.01. The second-order valence-corrected chi connectivity index (χ2v) is 11.8. The Hall–Kier alpha value is -5.88. The number of rotatable bonds is 2. The Kier molecular flexibility index (Phi) is 3.99. The summed E-state index contributed by atoms with van der Waals surface area (Å²) in [6, 6.07) is 44.6. The van der Waals surface area contributed by atoms with Gasteiger partial charge in [-0.15, -0.1) is 5.10 Å². The standard InChI is InChI=1S/C38H23N4O2/c1-2-9-23(10-3-1)24-18-20-25(21-19-24)35-39-42-30-15-7-17-32-34(30)38(37(42)44-35)33-29(14-6-16-31(33)43-32)41-28-13-5-4-11-26(28)27-12-8-22-40(38)36(27)41/h1-22,37H/q+1. The van der Waals surface area contributed by atoms with Gasteiger partial charge in [0.15, 0.2) is 0 Å². The molecule has 44 heavy (non-hydrogen) atoms. The van der Waals surface area contributed by atoms with E-state index >= 15 is 0 Å². The third kappa shape index (κ3) is 2.51. The van der Waals surface area contributed by atoms with Gasteiger partial charge >= 0.3 is 0 Å². The SMILES string of the molecule is c1ccc(-c2ccc(C3=NN4c5cccc6c5C5(c7c(cccc7-n7c8ccccc8c8ccc[n+]5c87)O6)C4O3)cc2)cc1. The monoisotopic (exact) mass is 567 g/mol. The minimum atomic E-state index is -0.727. The number of fused-ring (bicyclic) bond motifs is 6. The minimum Gasteiger partial charge on any atom is -0.456 e. The molecule has 0 fully saturated rings.